The molecule has 3 aromatic rings. The number of alkyl halides is 7. The smallest absolute Gasteiger partial charge is 0.426 e. The molecular formula is C24H17F11N2O2. The van der Waals surface area contributed by atoms with E-state index in [0.717, 1.165) is 25.0 Å². The standard InChI is InChI=1S/C24H17F11N2O2/c1-2-3-4-5-12-6-15(25)20(16(26)7-12)23(32,33)39-14-10-36-21(37-11-14)24(34,35)38-13-8-17(27)19(18(28)9-13)22(29,30)31/h6-11H,2-5H2,1H3. The Bertz CT molecular complexity index is 1270. The fourth-order valence-corrected chi connectivity index (χ4v) is 3.42. The molecule has 0 N–H and O–H groups in total. The number of unbranched alkanes of at least 4 members (excludes halogenated alkanes) is 2. The zero-order valence-corrected chi connectivity index (χ0v) is 19.7. The zero-order chi connectivity index (χ0) is 29.2. The molecule has 0 aliphatic heterocycles. The monoisotopic (exact) mass is 574 g/mol. The van der Waals surface area contributed by atoms with Gasteiger partial charge >= 0.3 is 18.4 Å². The van der Waals surface area contributed by atoms with Crippen molar-refractivity contribution in [3.05, 3.63) is 82.4 Å². The Balaban J connectivity index is 1.77. The quantitative estimate of drug-likeness (QED) is 0.182. The average molecular weight is 574 g/mol. The van der Waals surface area contributed by atoms with Crippen molar-refractivity contribution >= 4 is 0 Å². The van der Waals surface area contributed by atoms with E-state index in [0.29, 0.717) is 6.42 Å². The molecule has 15 heteroatoms. The summed E-state index contributed by atoms with van der Waals surface area (Å²) in [6, 6.07) is 1.12. The first-order valence-electron chi connectivity index (χ1n) is 11.1. The number of hydrogen-bond acceptors (Lipinski definition) is 4. The van der Waals surface area contributed by atoms with Crippen LogP contribution in [0.2, 0.25) is 0 Å². The summed E-state index contributed by atoms with van der Waals surface area (Å²) in [6.45, 7) is 1.90. The minimum absolute atomic E-state index is 0.140. The number of halogens is 11. The lowest BCUT2D eigenvalue weighted by molar-refractivity contribution is -0.194. The molecule has 0 aliphatic carbocycles. The van der Waals surface area contributed by atoms with E-state index in [1.165, 1.54) is 0 Å². The molecule has 3 rings (SSSR count). The lowest BCUT2D eigenvalue weighted by Gasteiger charge is -2.20. The predicted molar refractivity (Wildman–Crippen MR) is 112 cm³/mol. The van der Waals surface area contributed by atoms with Crippen LogP contribution in [0.15, 0.2) is 36.7 Å². The van der Waals surface area contributed by atoms with Gasteiger partial charge in [-0.15, -0.1) is 0 Å². The van der Waals surface area contributed by atoms with Gasteiger partial charge in [0.25, 0.3) is 0 Å². The molecule has 0 bridgehead atoms. The number of hydrogen-bond donors (Lipinski definition) is 0. The SMILES string of the molecule is CCCCCc1cc(F)c(C(F)(F)Oc2cnc(C(F)(F)Oc3cc(F)c(C(F)(F)F)c(F)c3)nc2)c(F)c1. The Kier molecular flexibility index (Phi) is 8.60. The normalized spacial score (nSPS) is 12.5. The van der Waals surface area contributed by atoms with Crippen molar-refractivity contribution in [2.45, 2.75) is 51.0 Å². The van der Waals surface area contributed by atoms with E-state index in [9.17, 15) is 48.3 Å². The maximum Gasteiger partial charge on any atom is 0.462 e. The molecular weight excluding hydrogens is 557 g/mol. The van der Waals surface area contributed by atoms with E-state index in [2.05, 4.69) is 19.4 Å². The highest BCUT2D eigenvalue weighted by Gasteiger charge is 2.43. The molecule has 212 valence electrons. The van der Waals surface area contributed by atoms with Crippen molar-refractivity contribution in [3.63, 3.8) is 0 Å². The largest absolute Gasteiger partial charge is 0.462 e. The number of ether oxygens (including phenoxy) is 2. The van der Waals surface area contributed by atoms with Crippen molar-refractivity contribution in [2.24, 2.45) is 0 Å². The summed E-state index contributed by atoms with van der Waals surface area (Å²) in [6.07, 6.45) is -11.8. The molecule has 0 fully saturated rings. The minimum Gasteiger partial charge on any atom is -0.426 e. The van der Waals surface area contributed by atoms with Crippen LogP contribution >= 0.6 is 0 Å². The summed E-state index contributed by atoms with van der Waals surface area (Å²) in [7, 11) is 0. The second-order valence-corrected chi connectivity index (χ2v) is 8.13. The van der Waals surface area contributed by atoms with Crippen LogP contribution in [0.25, 0.3) is 0 Å². The first-order valence-corrected chi connectivity index (χ1v) is 11.1. The van der Waals surface area contributed by atoms with Crippen LogP contribution in [0.4, 0.5) is 48.3 Å². The van der Waals surface area contributed by atoms with Gasteiger partial charge < -0.3 is 9.47 Å². The van der Waals surface area contributed by atoms with Crippen molar-refractivity contribution in [3.8, 4) is 11.5 Å². The maximum atomic E-state index is 14.5. The van der Waals surface area contributed by atoms with E-state index in [1.807, 2.05) is 6.92 Å². The first kappa shape index (κ1) is 29.9. The number of rotatable bonds is 10. The highest BCUT2D eigenvalue weighted by molar-refractivity contribution is 5.33. The Hall–Kier alpha value is -3.65. The van der Waals surface area contributed by atoms with Crippen LogP contribution < -0.4 is 9.47 Å². The average Bonchev–Trinajstić information content (AvgIpc) is 2.77. The third kappa shape index (κ3) is 7.06. The number of aromatic nitrogens is 2. The molecule has 0 radical (unpaired) electrons. The van der Waals surface area contributed by atoms with E-state index >= 15 is 0 Å². The van der Waals surface area contributed by atoms with Gasteiger partial charge in [0.15, 0.2) is 5.75 Å². The first-order chi connectivity index (χ1) is 18.0. The van der Waals surface area contributed by atoms with Gasteiger partial charge in [0, 0.05) is 12.1 Å². The summed E-state index contributed by atoms with van der Waals surface area (Å²) in [5.41, 5.74) is -3.94. The fourth-order valence-electron chi connectivity index (χ4n) is 3.42. The summed E-state index contributed by atoms with van der Waals surface area (Å²) >= 11 is 0. The topological polar surface area (TPSA) is 44.2 Å². The van der Waals surface area contributed by atoms with Gasteiger partial charge in [0.1, 0.15) is 40.1 Å². The third-order valence-electron chi connectivity index (χ3n) is 5.14. The lowest BCUT2D eigenvalue weighted by Crippen LogP contribution is -2.27. The molecule has 2 aromatic carbocycles. The van der Waals surface area contributed by atoms with Gasteiger partial charge in [0.05, 0.1) is 12.4 Å². The van der Waals surface area contributed by atoms with Gasteiger partial charge in [-0.3, -0.25) is 0 Å². The fraction of sp³-hybridized carbons (Fsp3) is 0.333. The van der Waals surface area contributed by atoms with Gasteiger partial charge in [-0.2, -0.15) is 30.7 Å². The van der Waals surface area contributed by atoms with Crippen molar-refractivity contribution in [1.82, 2.24) is 9.97 Å². The highest BCUT2D eigenvalue weighted by atomic mass is 19.4. The zero-order valence-electron chi connectivity index (χ0n) is 19.7. The summed E-state index contributed by atoms with van der Waals surface area (Å²) < 4.78 is 160. The summed E-state index contributed by atoms with van der Waals surface area (Å²) in [4.78, 5) is 6.05. The molecule has 0 aliphatic rings. The highest BCUT2D eigenvalue weighted by Crippen LogP contribution is 2.38. The number of aryl methyl sites for hydroxylation is 1. The summed E-state index contributed by atoms with van der Waals surface area (Å²) in [5.74, 6) is -11.7. The number of benzene rings is 2. The van der Waals surface area contributed by atoms with Gasteiger partial charge in [-0.05, 0) is 30.5 Å². The molecule has 0 amide bonds. The van der Waals surface area contributed by atoms with Crippen LogP contribution in [-0.2, 0) is 24.8 Å². The third-order valence-corrected chi connectivity index (χ3v) is 5.14. The predicted octanol–water partition coefficient (Wildman–Crippen LogP) is 8.04. The molecule has 0 saturated heterocycles. The van der Waals surface area contributed by atoms with Gasteiger partial charge in [0.2, 0.25) is 5.82 Å². The second kappa shape index (κ2) is 11.2. The molecule has 0 spiro atoms. The van der Waals surface area contributed by atoms with E-state index in [1.54, 1.807) is 0 Å². The van der Waals surface area contributed by atoms with Crippen LogP contribution in [0.3, 0.4) is 0 Å². The minimum atomic E-state index is -5.46. The lowest BCUT2D eigenvalue weighted by atomic mass is 10.0. The molecule has 0 atom stereocenters. The van der Waals surface area contributed by atoms with E-state index in [-0.39, 0.29) is 36.5 Å². The van der Waals surface area contributed by atoms with Crippen LogP contribution in [0, 0.1) is 23.3 Å². The Labute approximate surface area is 213 Å². The van der Waals surface area contributed by atoms with Gasteiger partial charge in [-0.25, -0.2) is 27.5 Å². The van der Waals surface area contributed by atoms with Crippen molar-refractivity contribution in [1.29, 1.82) is 0 Å². The molecule has 1 aromatic heterocycles. The molecule has 1 heterocycles. The molecule has 4 nitrogen and oxygen atoms in total. The van der Waals surface area contributed by atoms with Crippen LogP contribution in [0.1, 0.15) is 48.7 Å². The Morgan fingerprint density at radius 2 is 1.13 bits per heavy atom. The van der Waals surface area contributed by atoms with Crippen molar-refractivity contribution in [2.75, 3.05) is 0 Å². The van der Waals surface area contributed by atoms with E-state index < -0.39 is 70.1 Å². The second-order valence-electron chi connectivity index (χ2n) is 8.13. The molecule has 0 saturated carbocycles. The molecule has 0 unspecified atom stereocenters. The van der Waals surface area contributed by atoms with Crippen molar-refractivity contribution < 1.29 is 57.8 Å². The summed E-state index contributed by atoms with van der Waals surface area (Å²) in [5, 5.41) is 0. The van der Waals surface area contributed by atoms with Crippen LogP contribution in [-0.4, -0.2) is 9.97 Å². The Morgan fingerprint density at radius 1 is 0.641 bits per heavy atom. The Morgan fingerprint density at radius 3 is 1.62 bits per heavy atom. The molecule has 39 heavy (non-hydrogen) atoms. The maximum absolute atomic E-state index is 14.5. The number of nitrogens with zero attached hydrogens (tertiary/aromatic N) is 2. The van der Waals surface area contributed by atoms with Gasteiger partial charge in [-0.1, -0.05) is 19.8 Å². The van der Waals surface area contributed by atoms with E-state index in [4.69, 9.17) is 0 Å². The van der Waals surface area contributed by atoms with Crippen LogP contribution in [0.5, 0.6) is 11.5 Å².